The number of aryl methyl sites for hydroxylation is 1. The molecular formula is C18H14BrN. The molecule has 1 nitrogen and oxygen atoms in total. The molecule has 0 fully saturated rings. The first-order chi connectivity index (χ1) is 9.74. The number of pyridine rings is 1. The molecule has 0 unspecified atom stereocenters. The molecule has 3 rings (SSSR count). The van der Waals surface area contributed by atoms with Crippen molar-refractivity contribution in [3.63, 3.8) is 0 Å². The minimum atomic E-state index is 1.00. The van der Waals surface area contributed by atoms with Crippen LogP contribution in [0.1, 0.15) is 5.56 Å². The van der Waals surface area contributed by atoms with Crippen LogP contribution in [0, 0.1) is 6.92 Å². The zero-order chi connectivity index (χ0) is 13.9. The minimum absolute atomic E-state index is 1.00. The third kappa shape index (κ3) is 2.66. The summed E-state index contributed by atoms with van der Waals surface area (Å²) in [7, 11) is 0. The molecule has 2 aromatic carbocycles. The van der Waals surface area contributed by atoms with Gasteiger partial charge in [-0.15, -0.1) is 0 Å². The highest BCUT2D eigenvalue weighted by Gasteiger charge is 2.04. The molecule has 0 bridgehead atoms. The van der Waals surface area contributed by atoms with Gasteiger partial charge in [0.25, 0.3) is 0 Å². The van der Waals surface area contributed by atoms with Gasteiger partial charge in [-0.2, -0.15) is 0 Å². The Kier molecular flexibility index (Phi) is 3.66. The molecular weight excluding hydrogens is 310 g/mol. The second kappa shape index (κ2) is 5.59. The summed E-state index contributed by atoms with van der Waals surface area (Å²) in [6, 6.07) is 20.8. The lowest BCUT2D eigenvalue weighted by Crippen LogP contribution is -1.86. The Morgan fingerprint density at radius 3 is 2.40 bits per heavy atom. The Hall–Kier alpha value is -1.93. The van der Waals surface area contributed by atoms with Crippen molar-refractivity contribution in [1.29, 1.82) is 0 Å². The third-order valence-corrected chi connectivity index (χ3v) is 3.95. The Bertz CT molecular complexity index is 732. The van der Waals surface area contributed by atoms with Gasteiger partial charge in [-0.3, -0.25) is 4.98 Å². The lowest BCUT2D eigenvalue weighted by molar-refractivity contribution is 1.32. The molecule has 2 heteroatoms. The summed E-state index contributed by atoms with van der Waals surface area (Å²) in [5.41, 5.74) is 5.69. The van der Waals surface area contributed by atoms with Crippen molar-refractivity contribution in [3.05, 3.63) is 76.9 Å². The van der Waals surface area contributed by atoms with Crippen LogP contribution in [-0.4, -0.2) is 4.98 Å². The number of aromatic nitrogens is 1. The first kappa shape index (κ1) is 13.1. The van der Waals surface area contributed by atoms with E-state index in [9.17, 15) is 0 Å². The highest BCUT2D eigenvalue weighted by molar-refractivity contribution is 9.10. The molecule has 20 heavy (non-hydrogen) atoms. The van der Waals surface area contributed by atoms with E-state index >= 15 is 0 Å². The number of halogens is 1. The van der Waals surface area contributed by atoms with Crippen LogP contribution in [-0.2, 0) is 0 Å². The molecule has 0 aliphatic heterocycles. The number of rotatable bonds is 2. The van der Waals surface area contributed by atoms with Crippen LogP contribution >= 0.6 is 15.9 Å². The number of benzene rings is 2. The molecule has 0 spiro atoms. The van der Waals surface area contributed by atoms with Crippen molar-refractivity contribution in [2.45, 2.75) is 6.92 Å². The Balaban J connectivity index is 1.98. The van der Waals surface area contributed by atoms with Crippen LogP contribution in [0.15, 0.2) is 71.3 Å². The van der Waals surface area contributed by atoms with Gasteiger partial charge >= 0.3 is 0 Å². The van der Waals surface area contributed by atoms with Gasteiger partial charge in [0.05, 0.1) is 5.69 Å². The van der Waals surface area contributed by atoms with Crippen molar-refractivity contribution in [2.24, 2.45) is 0 Å². The number of nitrogens with zero attached hydrogens (tertiary/aromatic N) is 1. The third-order valence-electron chi connectivity index (χ3n) is 3.26. The fraction of sp³-hybridized carbons (Fsp3) is 0.0556. The molecule has 0 N–H and O–H groups in total. The summed E-state index contributed by atoms with van der Waals surface area (Å²) in [6.07, 6.45) is 1.93. The van der Waals surface area contributed by atoms with Gasteiger partial charge in [-0.1, -0.05) is 64.0 Å². The summed E-state index contributed by atoms with van der Waals surface area (Å²) < 4.78 is 1.09. The maximum absolute atomic E-state index is 4.59. The van der Waals surface area contributed by atoms with Gasteiger partial charge in [0, 0.05) is 21.8 Å². The predicted octanol–water partition coefficient (Wildman–Crippen LogP) is 5.49. The van der Waals surface area contributed by atoms with Gasteiger partial charge in [-0.25, -0.2) is 0 Å². The van der Waals surface area contributed by atoms with Crippen LogP contribution < -0.4 is 0 Å². The molecule has 0 radical (unpaired) electrons. The molecule has 0 aliphatic rings. The van der Waals surface area contributed by atoms with Crippen LogP contribution in [0.25, 0.3) is 22.4 Å². The molecule has 0 atom stereocenters. The molecule has 98 valence electrons. The normalized spacial score (nSPS) is 10.5. The maximum atomic E-state index is 4.59. The average Bonchev–Trinajstić information content (AvgIpc) is 2.48. The van der Waals surface area contributed by atoms with Crippen LogP contribution in [0.3, 0.4) is 0 Å². The smallest absolute Gasteiger partial charge is 0.0702 e. The van der Waals surface area contributed by atoms with E-state index in [1.165, 1.54) is 5.56 Å². The van der Waals surface area contributed by atoms with E-state index in [1.54, 1.807) is 0 Å². The Labute approximate surface area is 127 Å². The minimum Gasteiger partial charge on any atom is -0.256 e. The molecule has 1 aromatic heterocycles. The summed E-state index contributed by atoms with van der Waals surface area (Å²) in [5, 5.41) is 0. The maximum Gasteiger partial charge on any atom is 0.0702 e. The van der Waals surface area contributed by atoms with Gasteiger partial charge < -0.3 is 0 Å². The fourth-order valence-electron chi connectivity index (χ4n) is 2.22. The SMILES string of the molecule is Cc1cccc(-c2ccc(-c3ccccc3Br)cn2)c1. The molecule has 0 amide bonds. The highest BCUT2D eigenvalue weighted by Crippen LogP contribution is 2.28. The van der Waals surface area contributed by atoms with E-state index in [0.29, 0.717) is 0 Å². The molecule has 0 saturated heterocycles. The largest absolute Gasteiger partial charge is 0.256 e. The Morgan fingerprint density at radius 1 is 0.850 bits per heavy atom. The lowest BCUT2D eigenvalue weighted by Gasteiger charge is -2.06. The van der Waals surface area contributed by atoms with Crippen LogP contribution in [0.2, 0.25) is 0 Å². The fourth-order valence-corrected chi connectivity index (χ4v) is 2.74. The summed E-state index contributed by atoms with van der Waals surface area (Å²) in [6.45, 7) is 2.10. The average molecular weight is 324 g/mol. The molecule has 0 saturated carbocycles. The first-order valence-electron chi connectivity index (χ1n) is 6.52. The number of hydrogen-bond acceptors (Lipinski definition) is 1. The highest BCUT2D eigenvalue weighted by atomic mass is 79.9. The van der Waals surface area contributed by atoms with Crippen molar-refractivity contribution in [2.75, 3.05) is 0 Å². The standard InChI is InChI=1S/C18H14BrN/c1-13-5-4-6-14(11-13)18-10-9-15(12-20-18)16-7-2-3-8-17(16)19/h2-12H,1H3. The Morgan fingerprint density at radius 2 is 1.70 bits per heavy atom. The van der Waals surface area contributed by atoms with Gasteiger partial charge in [0.1, 0.15) is 0 Å². The molecule has 1 heterocycles. The van der Waals surface area contributed by atoms with Crippen molar-refractivity contribution in [3.8, 4) is 22.4 Å². The van der Waals surface area contributed by atoms with Crippen LogP contribution in [0.4, 0.5) is 0 Å². The van der Waals surface area contributed by atoms with E-state index in [2.05, 4.69) is 70.3 Å². The zero-order valence-corrected chi connectivity index (χ0v) is 12.8. The van der Waals surface area contributed by atoms with Gasteiger partial charge in [-0.05, 0) is 30.7 Å². The van der Waals surface area contributed by atoms with E-state index in [1.807, 2.05) is 24.4 Å². The van der Waals surface area contributed by atoms with Crippen LogP contribution in [0.5, 0.6) is 0 Å². The molecule has 0 aliphatic carbocycles. The van der Waals surface area contributed by atoms with E-state index in [4.69, 9.17) is 0 Å². The topological polar surface area (TPSA) is 12.9 Å². The summed E-state index contributed by atoms with van der Waals surface area (Å²) >= 11 is 3.58. The lowest BCUT2D eigenvalue weighted by atomic mass is 10.0. The van der Waals surface area contributed by atoms with Crippen molar-refractivity contribution >= 4 is 15.9 Å². The molecule has 3 aromatic rings. The van der Waals surface area contributed by atoms with E-state index in [-0.39, 0.29) is 0 Å². The monoisotopic (exact) mass is 323 g/mol. The van der Waals surface area contributed by atoms with Gasteiger partial charge in [0.15, 0.2) is 0 Å². The van der Waals surface area contributed by atoms with E-state index < -0.39 is 0 Å². The van der Waals surface area contributed by atoms with Gasteiger partial charge in [0.2, 0.25) is 0 Å². The second-order valence-electron chi connectivity index (χ2n) is 4.78. The van der Waals surface area contributed by atoms with Crippen molar-refractivity contribution in [1.82, 2.24) is 4.98 Å². The summed E-state index contributed by atoms with van der Waals surface area (Å²) in [5.74, 6) is 0. The number of hydrogen-bond donors (Lipinski definition) is 0. The predicted molar refractivity (Wildman–Crippen MR) is 87.5 cm³/mol. The summed E-state index contributed by atoms with van der Waals surface area (Å²) in [4.78, 5) is 4.59. The first-order valence-corrected chi connectivity index (χ1v) is 7.31. The van der Waals surface area contributed by atoms with Crippen molar-refractivity contribution < 1.29 is 0 Å². The quantitative estimate of drug-likeness (QED) is 0.608. The zero-order valence-electron chi connectivity index (χ0n) is 11.2. The van der Waals surface area contributed by atoms with E-state index in [0.717, 1.165) is 26.9 Å². The second-order valence-corrected chi connectivity index (χ2v) is 5.64.